The molecule has 0 radical (unpaired) electrons. The number of nitrogens with one attached hydrogen (secondary N) is 1. The highest BCUT2D eigenvalue weighted by atomic mass is 32.1. The Hall–Kier alpha value is -0.940. The quantitative estimate of drug-likeness (QED) is 0.769. The first-order chi connectivity index (χ1) is 9.22. The average Bonchev–Trinajstić information content (AvgIpc) is 3.16. The summed E-state index contributed by atoms with van der Waals surface area (Å²) in [5.41, 5.74) is 6.71. The summed E-state index contributed by atoms with van der Waals surface area (Å²) in [4.78, 5) is 16.3. The number of anilines is 1. The number of rotatable bonds is 8. The summed E-state index contributed by atoms with van der Waals surface area (Å²) in [6, 6.07) is 0. The third-order valence-electron chi connectivity index (χ3n) is 3.70. The molecule has 1 aliphatic carbocycles. The Labute approximate surface area is 118 Å². The lowest BCUT2D eigenvalue weighted by molar-refractivity contribution is -0.116. The van der Waals surface area contributed by atoms with Crippen LogP contribution in [0.3, 0.4) is 0 Å². The first-order valence-electron chi connectivity index (χ1n) is 7.18. The molecule has 1 aromatic rings. The Kier molecular flexibility index (Phi) is 5.34. The van der Waals surface area contributed by atoms with E-state index in [9.17, 15) is 4.79 Å². The van der Waals surface area contributed by atoms with Crippen molar-refractivity contribution in [3.63, 3.8) is 0 Å². The van der Waals surface area contributed by atoms with Crippen LogP contribution in [0.25, 0.3) is 0 Å². The van der Waals surface area contributed by atoms with Gasteiger partial charge in [-0.1, -0.05) is 13.3 Å². The van der Waals surface area contributed by atoms with Gasteiger partial charge in [0.05, 0.1) is 5.69 Å². The second kappa shape index (κ2) is 7.01. The molecule has 1 amide bonds. The molecular formula is C14H23N3OS. The molecule has 0 aliphatic heterocycles. The molecule has 1 aromatic heterocycles. The van der Waals surface area contributed by atoms with Crippen LogP contribution in [0.5, 0.6) is 0 Å². The second-order valence-corrected chi connectivity index (χ2v) is 6.15. The van der Waals surface area contributed by atoms with E-state index in [0.717, 1.165) is 30.1 Å². The molecular weight excluding hydrogens is 258 g/mol. The van der Waals surface area contributed by atoms with Gasteiger partial charge in [0.15, 0.2) is 5.13 Å². The fraction of sp³-hybridized carbons (Fsp3) is 0.714. The Morgan fingerprint density at radius 1 is 1.58 bits per heavy atom. The minimum atomic E-state index is 0.0761. The molecule has 1 fully saturated rings. The van der Waals surface area contributed by atoms with Crippen molar-refractivity contribution >= 4 is 22.4 Å². The van der Waals surface area contributed by atoms with Gasteiger partial charge in [-0.2, -0.15) is 0 Å². The van der Waals surface area contributed by atoms with E-state index in [1.54, 1.807) is 0 Å². The Morgan fingerprint density at radius 3 is 3.00 bits per heavy atom. The molecule has 4 nitrogen and oxygen atoms in total. The first kappa shape index (κ1) is 14.5. The van der Waals surface area contributed by atoms with Gasteiger partial charge in [-0.05, 0) is 38.1 Å². The van der Waals surface area contributed by atoms with Gasteiger partial charge in [-0.25, -0.2) is 4.98 Å². The summed E-state index contributed by atoms with van der Waals surface area (Å²) in [6.45, 7) is 2.86. The predicted octanol–water partition coefficient (Wildman–Crippen LogP) is 3.11. The van der Waals surface area contributed by atoms with Crippen molar-refractivity contribution in [1.82, 2.24) is 4.98 Å². The van der Waals surface area contributed by atoms with Gasteiger partial charge in [0.1, 0.15) is 0 Å². The predicted molar refractivity (Wildman–Crippen MR) is 79.4 cm³/mol. The minimum absolute atomic E-state index is 0.0761. The first-order valence-corrected chi connectivity index (χ1v) is 8.06. The number of nitrogens with zero attached hydrogens (tertiary/aromatic N) is 1. The molecule has 19 heavy (non-hydrogen) atoms. The standard InChI is InChI=1S/C14H23N3OS/c1-2-10(7-8-15)3-6-13(18)17-14-16-12(9-19-14)11-4-5-11/h9-11H,2-8,15H2,1H3,(H,16,17,18). The summed E-state index contributed by atoms with van der Waals surface area (Å²) >= 11 is 1.53. The number of hydrogen-bond acceptors (Lipinski definition) is 4. The van der Waals surface area contributed by atoms with E-state index in [2.05, 4.69) is 22.6 Å². The number of amides is 1. The lowest BCUT2D eigenvalue weighted by Crippen LogP contribution is -2.15. The van der Waals surface area contributed by atoms with Crippen molar-refractivity contribution in [2.45, 2.75) is 51.4 Å². The lowest BCUT2D eigenvalue weighted by atomic mass is 9.96. The maximum Gasteiger partial charge on any atom is 0.226 e. The average molecular weight is 281 g/mol. The van der Waals surface area contributed by atoms with E-state index in [0.29, 0.717) is 24.8 Å². The van der Waals surface area contributed by atoms with Crippen molar-refractivity contribution in [3.8, 4) is 0 Å². The number of aromatic nitrogens is 1. The highest BCUT2D eigenvalue weighted by Crippen LogP contribution is 2.40. The van der Waals surface area contributed by atoms with Crippen molar-refractivity contribution in [1.29, 1.82) is 0 Å². The van der Waals surface area contributed by atoms with E-state index < -0.39 is 0 Å². The van der Waals surface area contributed by atoms with Gasteiger partial charge in [0.2, 0.25) is 5.91 Å². The summed E-state index contributed by atoms with van der Waals surface area (Å²) in [5.74, 6) is 1.29. The Bertz CT molecular complexity index is 415. The van der Waals surface area contributed by atoms with Gasteiger partial charge >= 0.3 is 0 Å². The number of hydrogen-bond donors (Lipinski definition) is 2. The van der Waals surface area contributed by atoms with E-state index in [1.807, 2.05) is 0 Å². The molecule has 1 heterocycles. The molecule has 0 bridgehead atoms. The number of carbonyl (C=O) groups excluding carboxylic acids is 1. The van der Waals surface area contributed by atoms with Gasteiger partial charge in [0.25, 0.3) is 0 Å². The SMILES string of the molecule is CCC(CCN)CCC(=O)Nc1nc(C2CC2)cs1. The van der Waals surface area contributed by atoms with Crippen LogP contribution in [-0.2, 0) is 4.79 Å². The highest BCUT2D eigenvalue weighted by Gasteiger charge is 2.26. The molecule has 1 unspecified atom stereocenters. The van der Waals surface area contributed by atoms with Crippen molar-refractivity contribution in [2.75, 3.05) is 11.9 Å². The van der Waals surface area contributed by atoms with Crippen molar-refractivity contribution < 1.29 is 4.79 Å². The van der Waals surface area contributed by atoms with E-state index in [1.165, 1.54) is 24.2 Å². The maximum atomic E-state index is 11.9. The molecule has 3 N–H and O–H groups in total. The van der Waals surface area contributed by atoms with Crippen molar-refractivity contribution in [2.24, 2.45) is 11.7 Å². The fourth-order valence-corrected chi connectivity index (χ4v) is 3.02. The van der Waals surface area contributed by atoms with Gasteiger partial charge in [-0.3, -0.25) is 4.79 Å². The zero-order valence-corrected chi connectivity index (χ0v) is 12.3. The molecule has 2 rings (SSSR count). The minimum Gasteiger partial charge on any atom is -0.330 e. The van der Waals surface area contributed by atoms with E-state index >= 15 is 0 Å². The van der Waals surface area contributed by atoms with Gasteiger partial charge in [0, 0.05) is 17.7 Å². The third-order valence-corrected chi connectivity index (χ3v) is 4.47. The number of thiazole rings is 1. The van der Waals surface area contributed by atoms with Gasteiger partial charge < -0.3 is 11.1 Å². The van der Waals surface area contributed by atoms with Crippen LogP contribution in [-0.4, -0.2) is 17.4 Å². The van der Waals surface area contributed by atoms with Crippen LogP contribution in [0.2, 0.25) is 0 Å². The molecule has 0 spiro atoms. The number of nitrogens with two attached hydrogens (primary N) is 1. The molecule has 0 aromatic carbocycles. The normalized spacial score (nSPS) is 16.3. The third kappa shape index (κ3) is 4.58. The van der Waals surface area contributed by atoms with Crippen LogP contribution >= 0.6 is 11.3 Å². The maximum absolute atomic E-state index is 11.9. The fourth-order valence-electron chi connectivity index (χ4n) is 2.22. The molecule has 5 heteroatoms. The van der Waals surface area contributed by atoms with E-state index in [-0.39, 0.29) is 5.91 Å². The molecule has 0 saturated heterocycles. The molecule has 106 valence electrons. The van der Waals surface area contributed by atoms with Gasteiger partial charge in [-0.15, -0.1) is 11.3 Å². The lowest BCUT2D eigenvalue weighted by Gasteiger charge is -2.12. The largest absolute Gasteiger partial charge is 0.330 e. The summed E-state index contributed by atoms with van der Waals surface area (Å²) < 4.78 is 0. The highest BCUT2D eigenvalue weighted by molar-refractivity contribution is 7.13. The monoisotopic (exact) mass is 281 g/mol. The Morgan fingerprint density at radius 2 is 2.37 bits per heavy atom. The zero-order valence-electron chi connectivity index (χ0n) is 11.5. The summed E-state index contributed by atoms with van der Waals surface area (Å²) in [5, 5.41) is 5.72. The van der Waals surface area contributed by atoms with Crippen LogP contribution < -0.4 is 11.1 Å². The smallest absolute Gasteiger partial charge is 0.226 e. The van der Waals surface area contributed by atoms with E-state index in [4.69, 9.17) is 5.73 Å². The van der Waals surface area contributed by atoms with Crippen LogP contribution in [0.15, 0.2) is 5.38 Å². The number of carbonyl (C=O) groups is 1. The molecule has 1 aliphatic rings. The summed E-state index contributed by atoms with van der Waals surface area (Å²) in [7, 11) is 0. The topological polar surface area (TPSA) is 68.0 Å². The summed E-state index contributed by atoms with van der Waals surface area (Å²) in [6.07, 6.45) is 6.07. The Balaban J connectivity index is 1.73. The second-order valence-electron chi connectivity index (χ2n) is 5.29. The van der Waals surface area contributed by atoms with Crippen LogP contribution in [0.1, 0.15) is 57.1 Å². The molecule has 1 atom stereocenters. The van der Waals surface area contributed by atoms with Crippen molar-refractivity contribution in [3.05, 3.63) is 11.1 Å². The molecule has 1 saturated carbocycles. The van der Waals surface area contributed by atoms with Crippen LogP contribution in [0.4, 0.5) is 5.13 Å². The van der Waals surface area contributed by atoms with Crippen LogP contribution in [0, 0.1) is 5.92 Å². The zero-order chi connectivity index (χ0) is 13.7.